The zero-order valence-corrected chi connectivity index (χ0v) is 18.6. The van der Waals surface area contributed by atoms with Gasteiger partial charge in [-0.3, -0.25) is 4.99 Å². The molecule has 0 bridgehead atoms. The summed E-state index contributed by atoms with van der Waals surface area (Å²) in [6.07, 6.45) is -1.75. The lowest BCUT2D eigenvalue weighted by Gasteiger charge is -2.42. The molecule has 1 unspecified atom stereocenters. The fourth-order valence-corrected chi connectivity index (χ4v) is 5.22. The molecule has 0 amide bonds. The molecule has 2 atom stereocenters. The van der Waals surface area contributed by atoms with Crippen molar-refractivity contribution >= 4 is 38.6 Å². The summed E-state index contributed by atoms with van der Waals surface area (Å²) in [4.78, 5) is 4.57. The molecule has 2 aliphatic rings. The number of aliphatic hydroxyl groups is 1. The number of methoxy groups -OCH3 is 1. The summed E-state index contributed by atoms with van der Waals surface area (Å²) < 4.78 is 48.9. The fourth-order valence-electron chi connectivity index (χ4n) is 4.86. The number of alkyl halides is 3. The van der Waals surface area contributed by atoms with E-state index in [0.717, 1.165) is 21.0 Å². The summed E-state index contributed by atoms with van der Waals surface area (Å²) >= 11 is 3.47. The van der Waals surface area contributed by atoms with Crippen molar-refractivity contribution in [3.8, 4) is 0 Å². The monoisotopic (exact) mass is 484 g/mol. The van der Waals surface area contributed by atoms with E-state index in [9.17, 15) is 18.3 Å². The average Bonchev–Trinajstić information content (AvgIpc) is 2.98. The van der Waals surface area contributed by atoms with Gasteiger partial charge in [0.2, 0.25) is 0 Å². The standard InChI is InChI=1S/C22H24BrF3N2O2/c1-21(2,11-29)17-16-14-9-12(23)6-7-15(14)28(10-22(24,25)26)19(16)13-5-4-8-27-18(13)20(17)30-3/h6-9,17,20,29H,4-5,10-11H2,1-3H3/t17?,20-/m0/s1. The molecule has 4 rings (SSSR count). The Bertz CT molecular complexity index is 1050. The molecule has 1 aliphatic carbocycles. The Morgan fingerprint density at radius 3 is 2.67 bits per heavy atom. The number of benzene rings is 1. The van der Waals surface area contributed by atoms with Crippen LogP contribution in [0.5, 0.6) is 0 Å². The van der Waals surface area contributed by atoms with Crippen LogP contribution in [0.1, 0.15) is 43.9 Å². The van der Waals surface area contributed by atoms with Crippen molar-refractivity contribution < 1.29 is 23.0 Å². The molecule has 0 spiro atoms. The second kappa shape index (κ2) is 7.50. The van der Waals surface area contributed by atoms with Gasteiger partial charge in [0.25, 0.3) is 0 Å². The minimum Gasteiger partial charge on any atom is -0.396 e. The van der Waals surface area contributed by atoms with E-state index in [1.54, 1.807) is 25.5 Å². The van der Waals surface area contributed by atoms with E-state index < -0.39 is 24.2 Å². The average molecular weight is 485 g/mol. The van der Waals surface area contributed by atoms with E-state index in [1.807, 2.05) is 19.9 Å². The fraction of sp³-hybridized carbons (Fsp3) is 0.500. The molecule has 0 radical (unpaired) electrons. The molecule has 1 aromatic heterocycles. The molecule has 0 saturated heterocycles. The van der Waals surface area contributed by atoms with Gasteiger partial charge in [0, 0.05) is 46.8 Å². The molecule has 4 nitrogen and oxygen atoms in total. The predicted molar refractivity (Wildman–Crippen MR) is 115 cm³/mol. The molecule has 1 aromatic carbocycles. The molecule has 30 heavy (non-hydrogen) atoms. The van der Waals surface area contributed by atoms with Crippen molar-refractivity contribution in [3.05, 3.63) is 39.6 Å². The largest absolute Gasteiger partial charge is 0.406 e. The number of hydrogen-bond donors (Lipinski definition) is 1. The van der Waals surface area contributed by atoms with Crippen molar-refractivity contribution in [2.75, 3.05) is 13.7 Å². The number of aliphatic imine (C=N–C) groups is 1. The number of hydrogen-bond acceptors (Lipinski definition) is 3. The third kappa shape index (κ3) is 3.42. The lowest BCUT2D eigenvalue weighted by atomic mass is 9.67. The van der Waals surface area contributed by atoms with E-state index in [-0.39, 0.29) is 12.5 Å². The maximum Gasteiger partial charge on any atom is 0.406 e. The maximum absolute atomic E-state index is 13.6. The normalized spacial score (nSPS) is 21.9. The Morgan fingerprint density at radius 2 is 2.03 bits per heavy atom. The van der Waals surface area contributed by atoms with E-state index in [4.69, 9.17) is 4.74 Å². The van der Waals surface area contributed by atoms with Crippen molar-refractivity contribution in [2.45, 2.75) is 51.4 Å². The van der Waals surface area contributed by atoms with Crippen molar-refractivity contribution in [1.82, 2.24) is 4.57 Å². The van der Waals surface area contributed by atoms with E-state index in [0.29, 0.717) is 29.7 Å². The number of fused-ring (bicyclic) bond motifs is 4. The van der Waals surface area contributed by atoms with E-state index >= 15 is 0 Å². The Hall–Kier alpha value is -1.64. The highest BCUT2D eigenvalue weighted by Gasteiger charge is 2.47. The van der Waals surface area contributed by atoms with Crippen LogP contribution < -0.4 is 0 Å². The molecular formula is C22H24BrF3N2O2. The first-order chi connectivity index (χ1) is 14.1. The number of nitrogens with zero attached hydrogens (tertiary/aromatic N) is 2. The van der Waals surface area contributed by atoms with Crippen molar-refractivity contribution in [1.29, 1.82) is 0 Å². The van der Waals surface area contributed by atoms with Crippen LogP contribution in [0.2, 0.25) is 0 Å². The minimum absolute atomic E-state index is 0.136. The Kier molecular flexibility index (Phi) is 5.39. The van der Waals surface area contributed by atoms with Crippen LogP contribution in [0.15, 0.2) is 33.4 Å². The third-order valence-electron chi connectivity index (χ3n) is 6.14. The molecule has 1 aliphatic heterocycles. The summed E-state index contributed by atoms with van der Waals surface area (Å²) in [5.41, 5.74) is 2.75. The third-order valence-corrected chi connectivity index (χ3v) is 6.63. The van der Waals surface area contributed by atoms with Crippen LogP contribution in [0.4, 0.5) is 13.2 Å². The van der Waals surface area contributed by atoms with Gasteiger partial charge in [-0.1, -0.05) is 29.8 Å². The van der Waals surface area contributed by atoms with Gasteiger partial charge in [0.15, 0.2) is 0 Å². The first-order valence-corrected chi connectivity index (χ1v) is 10.7. The predicted octanol–water partition coefficient (Wildman–Crippen LogP) is 5.67. The number of allylic oxidation sites excluding steroid dienone is 1. The first kappa shape index (κ1) is 21.6. The van der Waals surface area contributed by atoms with Crippen LogP contribution >= 0.6 is 15.9 Å². The van der Waals surface area contributed by atoms with Gasteiger partial charge < -0.3 is 14.4 Å². The summed E-state index contributed by atoms with van der Waals surface area (Å²) in [6.45, 7) is 2.61. The number of aromatic nitrogens is 1. The summed E-state index contributed by atoms with van der Waals surface area (Å²) in [6, 6.07) is 5.35. The lowest BCUT2D eigenvalue weighted by Crippen LogP contribution is -2.40. The van der Waals surface area contributed by atoms with Gasteiger partial charge in [0.1, 0.15) is 12.6 Å². The van der Waals surface area contributed by atoms with Gasteiger partial charge in [-0.25, -0.2) is 0 Å². The number of ether oxygens (including phenoxy) is 1. The molecule has 2 heterocycles. The van der Waals surface area contributed by atoms with Gasteiger partial charge in [-0.15, -0.1) is 0 Å². The molecule has 0 fully saturated rings. The van der Waals surface area contributed by atoms with Crippen molar-refractivity contribution in [2.24, 2.45) is 10.4 Å². The van der Waals surface area contributed by atoms with Crippen LogP contribution in [0.25, 0.3) is 16.5 Å². The Labute approximate surface area is 181 Å². The molecule has 162 valence electrons. The highest BCUT2D eigenvalue weighted by Crippen LogP contribution is 2.54. The number of aliphatic hydroxyl groups excluding tert-OH is 1. The minimum atomic E-state index is -4.37. The molecule has 0 saturated carbocycles. The number of rotatable bonds is 4. The van der Waals surface area contributed by atoms with Crippen LogP contribution in [0.3, 0.4) is 0 Å². The quantitative estimate of drug-likeness (QED) is 0.607. The van der Waals surface area contributed by atoms with Crippen LogP contribution in [-0.2, 0) is 11.3 Å². The Morgan fingerprint density at radius 1 is 1.30 bits per heavy atom. The van der Waals surface area contributed by atoms with Gasteiger partial charge in [-0.2, -0.15) is 13.2 Å². The second-order valence-electron chi connectivity index (χ2n) is 8.62. The van der Waals surface area contributed by atoms with Crippen LogP contribution in [0, 0.1) is 5.41 Å². The first-order valence-electron chi connectivity index (χ1n) is 9.87. The maximum atomic E-state index is 13.6. The number of halogens is 4. The van der Waals surface area contributed by atoms with Gasteiger partial charge >= 0.3 is 6.18 Å². The zero-order valence-electron chi connectivity index (χ0n) is 17.1. The van der Waals surface area contributed by atoms with E-state index in [1.165, 1.54) is 4.57 Å². The summed E-state index contributed by atoms with van der Waals surface area (Å²) in [7, 11) is 1.59. The zero-order chi connectivity index (χ0) is 21.8. The lowest BCUT2D eigenvalue weighted by molar-refractivity contribution is -0.140. The second-order valence-corrected chi connectivity index (χ2v) is 9.54. The highest BCUT2D eigenvalue weighted by molar-refractivity contribution is 9.10. The van der Waals surface area contributed by atoms with E-state index in [2.05, 4.69) is 20.9 Å². The van der Waals surface area contributed by atoms with Gasteiger partial charge in [0.05, 0.1) is 11.4 Å². The summed E-state index contributed by atoms with van der Waals surface area (Å²) in [5, 5.41) is 10.9. The molecule has 8 heteroatoms. The molecule has 2 aromatic rings. The topological polar surface area (TPSA) is 46.8 Å². The SMILES string of the molecule is CO[C@@H]1C2=C(CCC=N2)c2c(c3cc(Br)ccc3n2CC(F)(F)F)C1C(C)(C)CO. The van der Waals surface area contributed by atoms with Gasteiger partial charge in [-0.05, 0) is 42.0 Å². The molecule has 1 N–H and O–H groups in total. The van der Waals surface area contributed by atoms with Crippen LogP contribution in [-0.4, -0.2) is 41.9 Å². The highest BCUT2D eigenvalue weighted by atomic mass is 79.9. The summed E-state index contributed by atoms with van der Waals surface area (Å²) in [5.74, 6) is -0.359. The molecular weight excluding hydrogens is 461 g/mol. The smallest absolute Gasteiger partial charge is 0.396 e. The Balaban J connectivity index is 2.15. The van der Waals surface area contributed by atoms with Crippen molar-refractivity contribution in [3.63, 3.8) is 0 Å².